The van der Waals surface area contributed by atoms with E-state index in [9.17, 15) is 13.2 Å². The van der Waals surface area contributed by atoms with E-state index in [1.807, 2.05) is 0 Å². The molecule has 0 aromatic heterocycles. The summed E-state index contributed by atoms with van der Waals surface area (Å²) in [4.78, 5) is 11.6. The van der Waals surface area contributed by atoms with Gasteiger partial charge in [0.25, 0.3) is 0 Å². The minimum atomic E-state index is -2.97. The fraction of sp³-hybridized carbons (Fsp3) is 0.900. The van der Waals surface area contributed by atoms with Gasteiger partial charge in [0, 0.05) is 18.0 Å². The molecule has 1 rings (SSSR count). The molecule has 1 saturated heterocycles. The van der Waals surface area contributed by atoms with Crippen LogP contribution in [0.1, 0.15) is 33.1 Å². The molecule has 0 aromatic carbocycles. The fourth-order valence-electron chi connectivity index (χ4n) is 1.83. The Kier molecular flexibility index (Phi) is 3.96. The highest BCUT2D eigenvalue weighted by atomic mass is 32.2. The lowest BCUT2D eigenvalue weighted by Crippen LogP contribution is -2.46. The molecule has 0 spiro atoms. The molecule has 94 valence electrons. The Labute approximate surface area is 96.7 Å². The Bertz CT molecular complexity index is 357. The molecule has 0 aliphatic carbocycles. The first kappa shape index (κ1) is 13.4. The van der Waals surface area contributed by atoms with Gasteiger partial charge in [-0.3, -0.25) is 4.79 Å². The zero-order valence-corrected chi connectivity index (χ0v) is 10.6. The number of carbonyl (C=O) groups is 1. The molecule has 5 nitrogen and oxygen atoms in total. The summed E-state index contributed by atoms with van der Waals surface area (Å²) in [6, 6.07) is -0.242. The Hall–Kier alpha value is -0.620. The van der Waals surface area contributed by atoms with Crippen LogP contribution in [0.3, 0.4) is 0 Å². The number of nitrogens with one attached hydrogen (secondary N) is 1. The first-order valence-electron chi connectivity index (χ1n) is 5.47. The van der Waals surface area contributed by atoms with Gasteiger partial charge in [0.2, 0.25) is 5.91 Å². The van der Waals surface area contributed by atoms with Crippen molar-refractivity contribution in [3.8, 4) is 0 Å². The summed E-state index contributed by atoms with van der Waals surface area (Å²) in [6.07, 6.45) is 1.57. The summed E-state index contributed by atoms with van der Waals surface area (Å²) in [6.45, 7) is 3.54. The monoisotopic (exact) mass is 248 g/mol. The standard InChI is InChI=1S/C10H20N2O3S/c1-10(2,11)6-9(13)12-8-4-3-5-16(14,15)7-8/h8H,3-7,11H2,1-2H3,(H,12,13). The minimum absolute atomic E-state index is 0.0593. The van der Waals surface area contributed by atoms with Crippen LogP contribution in [0.2, 0.25) is 0 Å². The Morgan fingerprint density at radius 1 is 1.50 bits per heavy atom. The van der Waals surface area contributed by atoms with Gasteiger partial charge in [-0.05, 0) is 26.7 Å². The number of nitrogens with two attached hydrogens (primary N) is 1. The molecule has 1 aliphatic rings. The van der Waals surface area contributed by atoms with Gasteiger partial charge < -0.3 is 11.1 Å². The molecule has 1 aliphatic heterocycles. The number of carbonyl (C=O) groups excluding carboxylic acids is 1. The van der Waals surface area contributed by atoms with E-state index in [0.29, 0.717) is 6.42 Å². The average molecular weight is 248 g/mol. The van der Waals surface area contributed by atoms with E-state index in [0.717, 1.165) is 6.42 Å². The molecule has 0 saturated carbocycles. The maximum atomic E-state index is 11.6. The van der Waals surface area contributed by atoms with Crippen LogP contribution in [-0.2, 0) is 14.6 Å². The van der Waals surface area contributed by atoms with Crippen LogP contribution < -0.4 is 11.1 Å². The summed E-state index contributed by atoms with van der Waals surface area (Å²) in [5, 5.41) is 2.73. The first-order valence-corrected chi connectivity index (χ1v) is 7.29. The van der Waals surface area contributed by atoms with Crippen molar-refractivity contribution in [1.29, 1.82) is 0 Å². The van der Waals surface area contributed by atoms with Gasteiger partial charge in [-0.15, -0.1) is 0 Å². The lowest BCUT2D eigenvalue weighted by Gasteiger charge is -2.25. The number of sulfone groups is 1. The third-order valence-electron chi connectivity index (χ3n) is 2.44. The lowest BCUT2D eigenvalue weighted by atomic mass is 10.0. The molecule has 0 radical (unpaired) electrons. The van der Waals surface area contributed by atoms with Crippen molar-refractivity contribution in [2.24, 2.45) is 5.73 Å². The zero-order valence-electron chi connectivity index (χ0n) is 9.82. The smallest absolute Gasteiger partial charge is 0.222 e. The second kappa shape index (κ2) is 4.71. The highest BCUT2D eigenvalue weighted by Crippen LogP contribution is 2.12. The zero-order chi connectivity index (χ0) is 12.4. The van der Waals surface area contributed by atoms with Crippen LogP contribution in [0.25, 0.3) is 0 Å². The van der Waals surface area contributed by atoms with Crippen molar-refractivity contribution in [1.82, 2.24) is 5.32 Å². The normalized spacial score (nSPS) is 25.1. The maximum absolute atomic E-state index is 11.6. The highest BCUT2D eigenvalue weighted by molar-refractivity contribution is 7.91. The summed E-state index contributed by atoms with van der Waals surface area (Å²) in [7, 11) is -2.97. The second-order valence-electron chi connectivity index (χ2n) is 5.19. The van der Waals surface area contributed by atoms with Crippen LogP contribution in [0, 0.1) is 0 Å². The van der Waals surface area contributed by atoms with Gasteiger partial charge in [-0.1, -0.05) is 0 Å². The maximum Gasteiger partial charge on any atom is 0.222 e. The summed E-state index contributed by atoms with van der Waals surface area (Å²) in [5.41, 5.74) is 5.16. The number of rotatable bonds is 3. The number of hydrogen-bond acceptors (Lipinski definition) is 4. The fourth-order valence-corrected chi connectivity index (χ4v) is 3.47. The Balaban J connectivity index is 2.46. The second-order valence-corrected chi connectivity index (χ2v) is 7.42. The lowest BCUT2D eigenvalue weighted by molar-refractivity contribution is -0.122. The predicted molar refractivity (Wildman–Crippen MR) is 62.7 cm³/mol. The van der Waals surface area contributed by atoms with Crippen LogP contribution in [-0.4, -0.2) is 37.4 Å². The van der Waals surface area contributed by atoms with Crippen molar-refractivity contribution in [3.05, 3.63) is 0 Å². The van der Waals surface area contributed by atoms with Crippen molar-refractivity contribution in [2.75, 3.05) is 11.5 Å². The third kappa shape index (κ3) is 4.94. The van der Waals surface area contributed by atoms with Crippen molar-refractivity contribution in [3.63, 3.8) is 0 Å². The van der Waals surface area contributed by atoms with Gasteiger partial charge in [-0.25, -0.2) is 8.42 Å². The largest absolute Gasteiger partial charge is 0.352 e. The van der Waals surface area contributed by atoms with E-state index in [2.05, 4.69) is 5.32 Å². The highest BCUT2D eigenvalue weighted by Gasteiger charge is 2.27. The molecule has 1 fully saturated rings. The van der Waals surface area contributed by atoms with E-state index in [-0.39, 0.29) is 29.9 Å². The molecule has 1 heterocycles. The molecule has 16 heavy (non-hydrogen) atoms. The van der Waals surface area contributed by atoms with Crippen molar-refractivity contribution in [2.45, 2.75) is 44.7 Å². The molecule has 6 heteroatoms. The van der Waals surface area contributed by atoms with E-state index in [1.54, 1.807) is 13.8 Å². The third-order valence-corrected chi connectivity index (χ3v) is 4.27. The SMILES string of the molecule is CC(C)(N)CC(=O)NC1CCCS(=O)(=O)C1. The Morgan fingerprint density at radius 3 is 2.62 bits per heavy atom. The van der Waals surface area contributed by atoms with Gasteiger partial charge in [0.15, 0.2) is 9.84 Å². The topological polar surface area (TPSA) is 89.3 Å². The van der Waals surface area contributed by atoms with E-state index < -0.39 is 15.4 Å². The van der Waals surface area contributed by atoms with E-state index in [4.69, 9.17) is 5.73 Å². The number of amides is 1. The van der Waals surface area contributed by atoms with Crippen LogP contribution >= 0.6 is 0 Å². The molecule has 1 unspecified atom stereocenters. The molecule has 0 aromatic rings. The minimum Gasteiger partial charge on any atom is -0.352 e. The van der Waals surface area contributed by atoms with Crippen LogP contribution in [0.4, 0.5) is 0 Å². The molecular weight excluding hydrogens is 228 g/mol. The average Bonchev–Trinajstić information content (AvgIpc) is 1.96. The summed E-state index contributed by atoms with van der Waals surface area (Å²) in [5.74, 6) is 0.125. The van der Waals surface area contributed by atoms with Gasteiger partial charge >= 0.3 is 0 Å². The summed E-state index contributed by atoms with van der Waals surface area (Å²) < 4.78 is 22.7. The molecule has 1 amide bonds. The molecule has 3 N–H and O–H groups in total. The van der Waals surface area contributed by atoms with Gasteiger partial charge in [0.05, 0.1) is 11.5 Å². The van der Waals surface area contributed by atoms with Crippen molar-refractivity contribution >= 4 is 15.7 Å². The first-order chi connectivity index (χ1) is 7.18. The van der Waals surface area contributed by atoms with Crippen molar-refractivity contribution < 1.29 is 13.2 Å². The summed E-state index contributed by atoms with van der Waals surface area (Å²) >= 11 is 0. The van der Waals surface area contributed by atoms with Crippen LogP contribution in [0.5, 0.6) is 0 Å². The van der Waals surface area contributed by atoms with Gasteiger partial charge in [-0.2, -0.15) is 0 Å². The van der Waals surface area contributed by atoms with E-state index >= 15 is 0 Å². The van der Waals surface area contributed by atoms with Gasteiger partial charge in [0.1, 0.15) is 0 Å². The molecule has 0 bridgehead atoms. The quantitative estimate of drug-likeness (QED) is 0.724. The molecule has 1 atom stereocenters. The number of hydrogen-bond donors (Lipinski definition) is 2. The Morgan fingerprint density at radius 2 is 2.12 bits per heavy atom. The van der Waals surface area contributed by atoms with E-state index in [1.165, 1.54) is 0 Å². The predicted octanol–water partition coefficient (Wildman–Crippen LogP) is -0.193. The molecular formula is C10H20N2O3S. The van der Waals surface area contributed by atoms with Crippen LogP contribution in [0.15, 0.2) is 0 Å².